The van der Waals surface area contributed by atoms with E-state index in [1.807, 2.05) is 25.1 Å². The molecule has 0 aliphatic rings. The summed E-state index contributed by atoms with van der Waals surface area (Å²) in [6.45, 7) is 4.88. The van der Waals surface area contributed by atoms with Crippen LogP contribution in [0.4, 0.5) is 0 Å². The molecule has 1 aromatic carbocycles. The van der Waals surface area contributed by atoms with Crippen LogP contribution in [0.15, 0.2) is 53.6 Å². The Bertz CT molecular complexity index is 837. The summed E-state index contributed by atoms with van der Waals surface area (Å²) in [6.07, 6.45) is 1.17. The van der Waals surface area contributed by atoms with Gasteiger partial charge >= 0.3 is 0 Å². The molecule has 0 unspecified atom stereocenters. The zero-order valence-corrected chi connectivity index (χ0v) is 16.9. The van der Waals surface area contributed by atoms with Crippen molar-refractivity contribution >= 4 is 27.2 Å². The summed E-state index contributed by atoms with van der Waals surface area (Å²) in [5.41, 5.74) is 3.16. The van der Waals surface area contributed by atoms with Crippen LogP contribution in [0.1, 0.15) is 19.5 Å². The Hall–Kier alpha value is -1.81. The molecule has 0 atom stereocenters. The van der Waals surface area contributed by atoms with Crippen molar-refractivity contribution in [1.29, 1.82) is 0 Å². The maximum atomic E-state index is 10.0. The molecule has 5 heteroatoms. The molecule has 0 fully saturated rings. The van der Waals surface area contributed by atoms with Crippen LogP contribution in [0, 0.1) is 13.0 Å². The van der Waals surface area contributed by atoms with Crippen molar-refractivity contribution in [3.05, 3.63) is 65.4 Å². The van der Waals surface area contributed by atoms with Crippen molar-refractivity contribution in [3.63, 3.8) is 0 Å². The number of fused-ring (bicyclic) bond motifs is 1. The van der Waals surface area contributed by atoms with Gasteiger partial charge in [-0.1, -0.05) is 6.07 Å². The number of pyridine rings is 1. The Morgan fingerprint density at radius 3 is 2.58 bits per heavy atom. The van der Waals surface area contributed by atoms with Gasteiger partial charge in [-0.05, 0) is 43.3 Å². The SMILES string of the molecule is CC(=O)/C=C(/C)O.Cc1cc2sccc2c(-c2[c-]cccc2)n1.[Ir]. The van der Waals surface area contributed by atoms with E-state index in [2.05, 4.69) is 34.6 Å². The fourth-order valence-electron chi connectivity index (χ4n) is 2.13. The molecule has 3 rings (SSSR count). The number of ketones is 1. The number of benzene rings is 1. The number of nitrogens with zero attached hydrogens (tertiary/aromatic N) is 1. The average Bonchev–Trinajstić information content (AvgIpc) is 2.94. The maximum absolute atomic E-state index is 10.0. The molecular formula is C19H18IrNO2S-. The van der Waals surface area contributed by atoms with Crippen molar-refractivity contribution < 1.29 is 30.0 Å². The van der Waals surface area contributed by atoms with Crippen LogP contribution in [0.25, 0.3) is 21.3 Å². The zero-order valence-electron chi connectivity index (χ0n) is 13.7. The molecule has 127 valence electrons. The summed E-state index contributed by atoms with van der Waals surface area (Å²) in [5.74, 6) is -0.0625. The topological polar surface area (TPSA) is 50.2 Å². The Labute approximate surface area is 159 Å². The van der Waals surface area contributed by atoms with E-state index >= 15 is 0 Å². The predicted octanol–water partition coefficient (Wildman–Crippen LogP) is 5.11. The minimum Gasteiger partial charge on any atom is -0.512 e. The van der Waals surface area contributed by atoms with Gasteiger partial charge in [-0.15, -0.1) is 47.2 Å². The number of aliphatic hydroxyl groups excluding tert-OH is 1. The first-order chi connectivity index (χ1) is 11.0. The first kappa shape index (κ1) is 20.2. The summed E-state index contributed by atoms with van der Waals surface area (Å²) in [7, 11) is 0. The first-order valence-corrected chi connectivity index (χ1v) is 8.05. The Kier molecular flexibility index (Phi) is 7.99. The van der Waals surface area contributed by atoms with Crippen molar-refractivity contribution in [3.8, 4) is 11.3 Å². The number of carbonyl (C=O) groups excluding carboxylic acids is 1. The van der Waals surface area contributed by atoms with Crippen LogP contribution >= 0.6 is 11.3 Å². The number of hydrogen-bond donors (Lipinski definition) is 1. The number of aryl methyl sites for hydroxylation is 1. The monoisotopic (exact) mass is 517 g/mol. The van der Waals surface area contributed by atoms with Crippen molar-refractivity contribution in [2.24, 2.45) is 0 Å². The summed E-state index contributed by atoms with van der Waals surface area (Å²) in [6, 6.07) is 15.5. The molecule has 0 aliphatic carbocycles. The third kappa shape index (κ3) is 5.68. The second kappa shape index (κ2) is 9.48. The minimum absolute atomic E-state index is 0. The van der Waals surface area contributed by atoms with Crippen molar-refractivity contribution in [2.75, 3.05) is 0 Å². The number of hydrogen-bond acceptors (Lipinski definition) is 4. The molecule has 0 aliphatic heterocycles. The standard InChI is InChI=1S/C14H10NS.C5H8O2.Ir/c1-10-9-13-12(7-8-16-13)14(15-10)11-5-3-2-4-6-11;1-4(6)3-5(2)7;/h2-5,7-9H,1H3;3,6H,1-2H3;/q-1;;/b;4-3-;. The molecule has 2 heterocycles. The molecule has 0 saturated carbocycles. The number of rotatable bonds is 2. The molecule has 3 aromatic rings. The molecule has 3 nitrogen and oxygen atoms in total. The predicted molar refractivity (Wildman–Crippen MR) is 95.7 cm³/mol. The van der Waals surface area contributed by atoms with Crippen LogP contribution in [0.2, 0.25) is 0 Å². The van der Waals surface area contributed by atoms with E-state index in [0.29, 0.717) is 0 Å². The number of allylic oxidation sites excluding steroid dienone is 2. The number of carbonyl (C=O) groups is 1. The van der Waals surface area contributed by atoms with Crippen molar-refractivity contribution in [2.45, 2.75) is 20.8 Å². The zero-order chi connectivity index (χ0) is 16.8. The van der Waals surface area contributed by atoms with Crippen molar-refractivity contribution in [1.82, 2.24) is 4.98 Å². The van der Waals surface area contributed by atoms with E-state index < -0.39 is 0 Å². The van der Waals surface area contributed by atoms with E-state index in [4.69, 9.17) is 5.11 Å². The Morgan fingerprint density at radius 1 is 1.29 bits per heavy atom. The third-order valence-corrected chi connectivity index (χ3v) is 3.82. The van der Waals surface area contributed by atoms with Gasteiger partial charge in [0.25, 0.3) is 0 Å². The second-order valence-corrected chi connectivity index (χ2v) is 6.06. The van der Waals surface area contributed by atoms with Gasteiger partial charge in [0.1, 0.15) is 0 Å². The second-order valence-electron chi connectivity index (χ2n) is 5.12. The van der Waals surface area contributed by atoms with Crippen LogP contribution in [-0.2, 0) is 24.9 Å². The van der Waals surface area contributed by atoms with Crippen LogP contribution < -0.4 is 0 Å². The van der Waals surface area contributed by atoms with Gasteiger partial charge in [0.15, 0.2) is 5.78 Å². The minimum atomic E-state index is -0.125. The van der Waals surface area contributed by atoms with Crippen LogP contribution in [0.5, 0.6) is 0 Å². The average molecular weight is 517 g/mol. The van der Waals surface area contributed by atoms with Gasteiger partial charge in [0.05, 0.1) is 5.76 Å². The third-order valence-electron chi connectivity index (χ3n) is 2.95. The van der Waals surface area contributed by atoms with Gasteiger partial charge in [-0.3, -0.25) is 4.79 Å². The van der Waals surface area contributed by atoms with Gasteiger partial charge in [-0.25, -0.2) is 0 Å². The number of aliphatic hydroxyl groups is 1. The molecule has 1 radical (unpaired) electrons. The molecule has 0 saturated heterocycles. The maximum Gasteiger partial charge on any atom is 0.155 e. The first-order valence-electron chi connectivity index (χ1n) is 7.17. The van der Waals surface area contributed by atoms with E-state index in [9.17, 15) is 4.79 Å². The summed E-state index contributed by atoms with van der Waals surface area (Å²) in [4.78, 5) is 14.6. The molecule has 1 N–H and O–H groups in total. The molecule has 0 spiro atoms. The van der Waals surface area contributed by atoms with Crippen LogP contribution in [0.3, 0.4) is 0 Å². The smallest absolute Gasteiger partial charge is 0.155 e. The Morgan fingerprint density at radius 2 is 2.04 bits per heavy atom. The van der Waals surface area contributed by atoms with Crippen LogP contribution in [-0.4, -0.2) is 15.9 Å². The molecule has 2 aromatic heterocycles. The van der Waals surface area contributed by atoms with Gasteiger partial charge in [0.2, 0.25) is 0 Å². The van der Waals surface area contributed by atoms with E-state index in [1.165, 1.54) is 30.0 Å². The number of aromatic nitrogens is 1. The summed E-state index contributed by atoms with van der Waals surface area (Å²) < 4.78 is 1.29. The normalized spacial score (nSPS) is 10.5. The van der Waals surface area contributed by atoms with E-state index in [0.717, 1.165) is 17.0 Å². The largest absolute Gasteiger partial charge is 0.512 e. The fourth-order valence-corrected chi connectivity index (χ4v) is 3.01. The molecule has 0 amide bonds. The summed E-state index contributed by atoms with van der Waals surface area (Å²) in [5, 5.41) is 11.7. The Balaban J connectivity index is 0.000000312. The fraction of sp³-hybridized carbons (Fsp3) is 0.158. The number of thiophene rings is 1. The van der Waals surface area contributed by atoms with Gasteiger partial charge in [0, 0.05) is 36.6 Å². The van der Waals surface area contributed by atoms with Gasteiger partial charge in [-0.2, -0.15) is 0 Å². The van der Waals surface area contributed by atoms with E-state index in [1.54, 1.807) is 11.3 Å². The molecule has 0 bridgehead atoms. The quantitative estimate of drug-likeness (QED) is 0.293. The molecular weight excluding hydrogens is 498 g/mol. The van der Waals surface area contributed by atoms with Gasteiger partial charge < -0.3 is 10.1 Å². The summed E-state index contributed by atoms with van der Waals surface area (Å²) >= 11 is 1.76. The van der Waals surface area contributed by atoms with E-state index in [-0.39, 0.29) is 31.6 Å². The molecule has 24 heavy (non-hydrogen) atoms.